The molecule has 4 rings (SSSR count). The standard InChI is InChI=1S/C25H33N3O4S/c1-18-12-19(2)14-22(13-18)33(31,32)26-21-7-8-24(23(15-21)25(29)30)28-11-5-6-20(17-28)16-27-9-3-4-10-27/h7-8,12-15,20,26H,3-6,9-11,16-17H2,1-2H3,(H,29,30). The highest BCUT2D eigenvalue weighted by Gasteiger charge is 2.26. The summed E-state index contributed by atoms with van der Waals surface area (Å²) >= 11 is 0. The van der Waals surface area contributed by atoms with Crippen molar-refractivity contribution in [3.05, 3.63) is 53.1 Å². The maximum Gasteiger partial charge on any atom is 0.337 e. The van der Waals surface area contributed by atoms with E-state index in [0.29, 0.717) is 11.6 Å². The van der Waals surface area contributed by atoms with E-state index >= 15 is 0 Å². The molecule has 2 aliphatic rings. The van der Waals surface area contributed by atoms with Gasteiger partial charge in [0.25, 0.3) is 10.0 Å². The van der Waals surface area contributed by atoms with Crippen LogP contribution in [0.15, 0.2) is 41.3 Å². The molecule has 1 unspecified atom stereocenters. The summed E-state index contributed by atoms with van der Waals surface area (Å²) in [5.74, 6) is -0.541. The van der Waals surface area contributed by atoms with Gasteiger partial charge in [0.15, 0.2) is 0 Å². The van der Waals surface area contributed by atoms with Gasteiger partial charge in [-0.15, -0.1) is 0 Å². The van der Waals surface area contributed by atoms with E-state index in [-0.39, 0.29) is 16.1 Å². The second-order valence-electron chi connectivity index (χ2n) is 9.43. The molecule has 0 bridgehead atoms. The largest absolute Gasteiger partial charge is 0.478 e. The van der Waals surface area contributed by atoms with Crippen molar-refractivity contribution in [3.8, 4) is 0 Å². The van der Waals surface area contributed by atoms with Crippen LogP contribution in [0.1, 0.15) is 47.2 Å². The van der Waals surface area contributed by atoms with Crippen molar-refractivity contribution in [1.82, 2.24) is 4.90 Å². The van der Waals surface area contributed by atoms with Crippen molar-refractivity contribution in [2.45, 2.75) is 44.4 Å². The van der Waals surface area contributed by atoms with E-state index in [4.69, 9.17) is 0 Å². The first-order valence-electron chi connectivity index (χ1n) is 11.7. The molecule has 0 aliphatic carbocycles. The molecule has 8 heteroatoms. The van der Waals surface area contributed by atoms with Crippen LogP contribution in [0.3, 0.4) is 0 Å². The summed E-state index contributed by atoms with van der Waals surface area (Å²) in [4.78, 5) is 16.9. The molecule has 7 nitrogen and oxygen atoms in total. The lowest BCUT2D eigenvalue weighted by molar-refractivity contribution is 0.0697. The number of aromatic carboxylic acids is 1. The molecule has 0 saturated carbocycles. The number of carboxylic acids is 1. The number of anilines is 2. The Kier molecular flexibility index (Phi) is 6.95. The van der Waals surface area contributed by atoms with E-state index in [0.717, 1.165) is 56.7 Å². The van der Waals surface area contributed by atoms with Gasteiger partial charge in [0, 0.05) is 25.3 Å². The number of piperidine rings is 1. The van der Waals surface area contributed by atoms with E-state index in [9.17, 15) is 18.3 Å². The number of nitrogens with one attached hydrogen (secondary N) is 1. The summed E-state index contributed by atoms with van der Waals surface area (Å²) in [6, 6.07) is 9.95. The van der Waals surface area contributed by atoms with Gasteiger partial charge in [0.1, 0.15) is 0 Å². The third-order valence-electron chi connectivity index (χ3n) is 6.56. The average molecular weight is 472 g/mol. The summed E-state index contributed by atoms with van der Waals surface area (Å²) < 4.78 is 28.4. The monoisotopic (exact) mass is 471 g/mol. The molecule has 2 saturated heterocycles. The maximum atomic E-state index is 12.9. The highest BCUT2D eigenvalue weighted by atomic mass is 32.2. The van der Waals surface area contributed by atoms with Crippen molar-refractivity contribution < 1.29 is 18.3 Å². The third kappa shape index (κ3) is 5.68. The second-order valence-corrected chi connectivity index (χ2v) is 11.1. The fraction of sp³-hybridized carbons (Fsp3) is 0.480. The highest BCUT2D eigenvalue weighted by molar-refractivity contribution is 7.92. The zero-order chi connectivity index (χ0) is 23.6. The molecular formula is C25H33N3O4S. The molecule has 0 radical (unpaired) electrons. The number of carboxylic acid groups (broad SMARTS) is 1. The lowest BCUT2D eigenvalue weighted by Gasteiger charge is -2.36. The van der Waals surface area contributed by atoms with E-state index in [1.165, 1.54) is 18.9 Å². The fourth-order valence-electron chi connectivity index (χ4n) is 5.11. The number of nitrogens with zero attached hydrogens (tertiary/aromatic N) is 2. The van der Waals surface area contributed by atoms with E-state index in [1.54, 1.807) is 24.3 Å². The predicted octanol–water partition coefficient (Wildman–Crippen LogP) is 4.11. The predicted molar refractivity (Wildman–Crippen MR) is 131 cm³/mol. The van der Waals surface area contributed by atoms with Gasteiger partial charge in [-0.05, 0) is 100.0 Å². The van der Waals surface area contributed by atoms with Crippen LogP contribution in [0.25, 0.3) is 0 Å². The highest BCUT2D eigenvalue weighted by Crippen LogP contribution is 2.30. The number of hydrogen-bond acceptors (Lipinski definition) is 5. The number of carbonyl (C=O) groups is 1. The molecule has 2 N–H and O–H groups in total. The first-order chi connectivity index (χ1) is 15.7. The lowest BCUT2D eigenvalue weighted by atomic mass is 9.96. The molecule has 2 fully saturated rings. The number of hydrogen-bond donors (Lipinski definition) is 2. The van der Waals surface area contributed by atoms with Crippen LogP contribution in [-0.4, -0.2) is 57.1 Å². The van der Waals surface area contributed by atoms with Gasteiger partial charge in [-0.3, -0.25) is 4.72 Å². The quantitative estimate of drug-likeness (QED) is 0.632. The Morgan fingerprint density at radius 3 is 2.39 bits per heavy atom. The number of likely N-dealkylation sites (tertiary alicyclic amines) is 1. The summed E-state index contributed by atoms with van der Waals surface area (Å²) in [6.07, 6.45) is 4.71. The van der Waals surface area contributed by atoms with Gasteiger partial charge in [-0.1, -0.05) is 6.07 Å². The molecule has 1 atom stereocenters. The van der Waals surface area contributed by atoms with Crippen LogP contribution >= 0.6 is 0 Å². The Balaban J connectivity index is 1.54. The van der Waals surface area contributed by atoms with Crippen LogP contribution in [-0.2, 0) is 10.0 Å². The zero-order valence-electron chi connectivity index (χ0n) is 19.4. The second kappa shape index (κ2) is 9.73. The molecule has 178 valence electrons. The topological polar surface area (TPSA) is 90.0 Å². The summed E-state index contributed by atoms with van der Waals surface area (Å²) in [5, 5.41) is 9.89. The van der Waals surface area contributed by atoms with Crippen LogP contribution in [0, 0.1) is 19.8 Å². The first-order valence-corrected chi connectivity index (χ1v) is 13.2. The first kappa shape index (κ1) is 23.6. The Morgan fingerprint density at radius 2 is 1.73 bits per heavy atom. The Bertz CT molecular complexity index is 1110. The van der Waals surface area contributed by atoms with E-state index in [2.05, 4.69) is 14.5 Å². The van der Waals surface area contributed by atoms with Crippen molar-refractivity contribution in [1.29, 1.82) is 0 Å². The third-order valence-corrected chi connectivity index (χ3v) is 7.92. The SMILES string of the molecule is Cc1cc(C)cc(S(=O)(=O)Nc2ccc(N3CCCC(CN4CCCC4)C3)c(C(=O)O)c2)c1. The van der Waals surface area contributed by atoms with E-state index < -0.39 is 16.0 Å². The van der Waals surface area contributed by atoms with Crippen LogP contribution in [0.2, 0.25) is 0 Å². The van der Waals surface area contributed by atoms with Crippen LogP contribution in [0.5, 0.6) is 0 Å². The van der Waals surface area contributed by atoms with Crippen LogP contribution in [0.4, 0.5) is 11.4 Å². The molecule has 2 aromatic carbocycles. The Labute approximate surface area is 196 Å². The van der Waals surface area contributed by atoms with Gasteiger partial charge in [0.05, 0.1) is 16.1 Å². The van der Waals surface area contributed by atoms with Gasteiger partial charge in [-0.25, -0.2) is 13.2 Å². The molecule has 0 aromatic heterocycles. The molecule has 2 aliphatic heterocycles. The Hall–Kier alpha value is -2.58. The van der Waals surface area contributed by atoms with Gasteiger partial charge in [0.2, 0.25) is 0 Å². The van der Waals surface area contributed by atoms with Gasteiger partial charge >= 0.3 is 5.97 Å². The average Bonchev–Trinajstić information content (AvgIpc) is 3.26. The maximum absolute atomic E-state index is 12.9. The number of sulfonamides is 1. The molecule has 0 spiro atoms. The normalized spacial score (nSPS) is 19.6. The lowest BCUT2D eigenvalue weighted by Crippen LogP contribution is -2.41. The number of benzene rings is 2. The van der Waals surface area contributed by atoms with Gasteiger partial charge < -0.3 is 14.9 Å². The van der Waals surface area contributed by atoms with Crippen molar-refractivity contribution in [2.24, 2.45) is 5.92 Å². The van der Waals surface area contributed by atoms with Crippen LogP contribution < -0.4 is 9.62 Å². The van der Waals surface area contributed by atoms with Crippen molar-refractivity contribution in [3.63, 3.8) is 0 Å². The van der Waals surface area contributed by atoms with Gasteiger partial charge in [-0.2, -0.15) is 0 Å². The molecule has 2 heterocycles. The number of rotatable bonds is 7. The molecule has 33 heavy (non-hydrogen) atoms. The molecule has 2 aromatic rings. The minimum atomic E-state index is -3.82. The summed E-state index contributed by atoms with van der Waals surface area (Å²) in [5.41, 5.74) is 2.73. The molecular weight excluding hydrogens is 438 g/mol. The van der Waals surface area contributed by atoms with Crippen molar-refractivity contribution in [2.75, 3.05) is 42.3 Å². The molecule has 0 amide bonds. The van der Waals surface area contributed by atoms with E-state index in [1.807, 2.05) is 19.9 Å². The minimum absolute atomic E-state index is 0.123. The Morgan fingerprint density at radius 1 is 1.03 bits per heavy atom. The smallest absolute Gasteiger partial charge is 0.337 e. The van der Waals surface area contributed by atoms with Crippen molar-refractivity contribution >= 4 is 27.4 Å². The minimum Gasteiger partial charge on any atom is -0.478 e. The summed E-state index contributed by atoms with van der Waals surface area (Å²) in [7, 11) is -3.82. The zero-order valence-corrected chi connectivity index (χ0v) is 20.2. The number of aryl methyl sites for hydroxylation is 2. The summed E-state index contributed by atoms with van der Waals surface area (Å²) in [6.45, 7) is 8.71. The fourth-order valence-corrected chi connectivity index (χ4v) is 6.35.